The van der Waals surface area contributed by atoms with Gasteiger partial charge in [-0.1, -0.05) is 18.2 Å². The van der Waals surface area contributed by atoms with Crippen LogP contribution in [0.4, 0.5) is 5.69 Å². The van der Waals surface area contributed by atoms with Crippen molar-refractivity contribution in [3.63, 3.8) is 0 Å². The summed E-state index contributed by atoms with van der Waals surface area (Å²) in [5, 5.41) is 0. The number of rotatable bonds is 4. The molecule has 2 fully saturated rings. The third-order valence-corrected chi connectivity index (χ3v) is 5.76. The molecule has 1 aromatic carbocycles. The van der Waals surface area contributed by atoms with Gasteiger partial charge in [-0.3, -0.25) is 4.79 Å². The Balaban J connectivity index is 0.00000169. The molecule has 1 aromatic rings. The van der Waals surface area contributed by atoms with Crippen LogP contribution >= 0.6 is 24.8 Å². The molecule has 7 heteroatoms. The minimum atomic E-state index is -0.392. The fourth-order valence-corrected chi connectivity index (χ4v) is 3.93. The van der Waals surface area contributed by atoms with Crippen molar-refractivity contribution in [1.29, 1.82) is 0 Å². The van der Waals surface area contributed by atoms with E-state index in [9.17, 15) is 4.79 Å². The first-order valence-electron chi connectivity index (χ1n) is 9.01. The Labute approximate surface area is 169 Å². The molecular formula is C19H31Cl2N3O2. The van der Waals surface area contributed by atoms with Crippen LogP contribution in [0.5, 0.6) is 0 Å². The number of benzene rings is 1. The summed E-state index contributed by atoms with van der Waals surface area (Å²) >= 11 is 0. The molecule has 3 rings (SSSR count). The summed E-state index contributed by atoms with van der Waals surface area (Å²) in [6.07, 6.45) is 3.53. The van der Waals surface area contributed by atoms with Gasteiger partial charge in [-0.05, 0) is 37.8 Å². The van der Waals surface area contributed by atoms with Crippen molar-refractivity contribution >= 4 is 36.4 Å². The number of likely N-dealkylation sites (tertiary alicyclic amines) is 1. The lowest BCUT2D eigenvalue weighted by Crippen LogP contribution is -2.54. The minimum absolute atomic E-state index is 0. The first-order valence-corrected chi connectivity index (χ1v) is 9.01. The van der Waals surface area contributed by atoms with Crippen LogP contribution in [0, 0.1) is 5.41 Å². The molecule has 0 atom stereocenters. The molecule has 2 aliphatic heterocycles. The molecule has 148 valence electrons. The van der Waals surface area contributed by atoms with Gasteiger partial charge in [-0.15, -0.1) is 24.8 Å². The summed E-state index contributed by atoms with van der Waals surface area (Å²) in [5.74, 6) is 0.245. The van der Waals surface area contributed by atoms with E-state index < -0.39 is 5.41 Å². The van der Waals surface area contributed by atoms with Gasteiger partial charge in [0.15, 0.2) is 0 Å². The third-order valence-electron chi connectivity index (χ3n) is 5.76. The normalized spacial score (nSPS) is 19.8. The highest BCUT2D eigenvalue weighted by molar-refractivity contribution is 5.85. The summed E-state index contributed by atoms with van der Waals surface area (Å²) in [5.41, 5.74) is 6.83. The van der Waals surface area contributed by atoms with Gasteiger partial charge in [0.1, 0.15) is 0 Å². The number of carbonyl (C=O) groups is 1. The van der Waals surface area contributed by atoms with Crippen molar-refractivity contribution in [3.8, 4) is 0 Å². The molecule has 0 aliphatic carbocycles. The summed E-state index contributed by atoms with van der Waals surface area (Å²) in [6.45, 7) is 3.37. The lowest BCUT2D eigenvalue weighted by molar-refractivity contribution is -0.148. The van der Waals surface area contributed by atoms with Crippen LogP contribution in [-0.4, -0.2) is 56.7 Å². The Bertz CT molecular complexity index is 545. The maximum Gasteiger partial charge on any atom is 0.230 e. The quantitative estimate of drug-likeness (QED) is 0.839. The van der Waals surface area contributed by atoms with Gasteiger partial charge in [0, 0.05) is 51.6 Å². The zero-order valence-corrected chi connectivity index (χ0v) is 17.1. The Hall–Kier alpha value is -1.01. The Morgan fingerprint density at radius 3 is 2.31 bits per heavy atom. The highest BCUT2D eigenvalue weighted by atomic mass is 35.5. The molecule has 2 heterocycles. The number of nitrogens with two attached hydrogens (primary N) is 1. The van der Waals surface area contributed by atoms with Gasteiger partial charge >= 0.3 is 0 Å². The number of hydrogen-bond acceptors (Lipinski definition) is 4. The molecule has 0 radical (unpaired) electrons. The molecule has 26 heavy (non-hydrogen) atoms. The summed E-state index contributed by atoms with van der Waals surface area (Å²) in [7, 11) is 2.15. The fraction of sp³-hybridized carbons (Fsp3) is 0.632. The monoisotopic (exact) mass is 403 g/mol. The van der Waals surface area contributed by atoms with Gasteiger partial charge in [-0.2, -0.15) is 0 Å². The molecular weight excluding hydrogens is 373 g/mol. The largest absolute Gasteiger partial charge is 0.381 e. The van der Waals surface area contributed by atoms with E-state index in [-0.39, 0.29) is 30.7 Å². The maximum atomic E-state index is 13.0. The van der Waals surface area contributed by atoms with Crippen molar-refractivity contribution in [1.82, 2.24) is 4.90 Å². The summed E-state index contributed by atoms with van der Waals surface area (Å²) in [4.78, 5) is 17.4. The number of para-hydroxylation sites is 1. The summed E-state index contributed by atoms with van der Waals surface area (Å²) < 4.78 is 5.43. The Kier molecular flexibility index (Phi) is 9.17. The fourth-order valence-electron chi connectivity index (χ4n) is 3.93. The van der Waals surface area contributed by atoms with Gasteiger partial charge in [0.2, 0.25) is 5.91 Å². The van der Waals surface area contributed by atoms with Gasteiger partial charge < -0.3 is 20.3 Å². The van der Waals surface area contributed by atoms with E-state index in [0.29, 0.717) is 25.8 Å². The van der Waals surface area contributed by atoms with Crippen LogP contribution < -0.4 is 10.6 Å². The van der Waals surface area contributed by atoms with E-state index in [1.807, 2.05) is 11.0 Å². The second kappa shape index (κ2) is 10.4. The van der Waals surface area contributed by atoms with E-state index in [1.165, 1.54) is 5.69 Å². The molecule has 5 nitrogen and oxygen atoms in total. The predicted molar refractivity (Wildman–Crippen MR) is 110 cm³/mol. The number of piperidine rings is 1. The van der Waals surface area contributed by atoms with Crippen LogP contribution in [0.2, 0.25) is 0 Å². The van der Waals surface area contributed by atoms with Crippen LogP contribution in [0.1, 0.15) is 25.7 Å². The second-order valence-corrected chi connectivity index (χ2v) is 7.07. The van der Waals surface area contributed by atoms with Crippen molar-refractivity contribution in [2.45, 2.75) is 31.7 Å². The topological polar surface area (TPSA) is 58.8 Å². The van der Waals surface area contributed by atoms with Crippen LogP contribution in [0.15, 0.2) is 30.3 Å². The van der Waals surface area contributed by atoms with Gasteiger partial charge in [0.25, 0.3) is 0 Å². The molecule has 0 aromatic heterocycles. The Morgan fingerprint density at radius 1 is 1.19 bits per heavy atom. The lowest BCUT2D eigenvalue weighted by atomic mass is 9.78. The third kappa shape index (κ3) is 4.83. The Morgan fingerprint density at radius 2 is 1.77 bits per heavy atom. The van der Waals surface area contributed by atoms with E-state index in [1.54, 1.807) is 0 Å². The van der Waals surface area contributed by atoms with Crippen molar-refractivity contribution < 1.29 is 9.53 Å². The van der Waals surface area contributed by atoms with Crippen molar-refractivity contribution in [2.24, 2.45) is 11.1 Å². The van der Waals surface area contributed by atoms with Crippen molar-refractivity contribution in [2.75, 3.05) is 44.8 Å². The zero-order valence-electron chi connectivity index (χ0n) is 15.4. The summed E-state index contributed by atoms with van der Waals surface area (Å²) in [6, 6.07) is 11.0. The molecule has 0 saturated carbocycles. The lowest BCUT2D eigenvalue weighted by Gasteiger charge is -2.43. The maximum absolute atomic E-state index is 13.0. The highest BCUT2D eigenvalue weighted by Crippen LogP contribution is 2.33. The first kappa shape index (κ1) is 23.0. The second-order valence-electron chi connectivity index (χ2n) is 7.07. The number of hydrogen-bond donors (Lipinski definition) is 1. The van der Waals surface area contributed by atoms with E-state index in [2.05, 4.69) is 36.2 Å². The van der Waals surface area contributed by atoms with E-state index in [4.69, 9.17) is 10.5 Å². The molecule has 2 aliphatic rings. The highest BCUT2D eigenvalue weighted by Gasteiger charge is 2.42. The number of anilines is 1. The number of amides is 1. The number of halogens is 2. The van der Waals surface area contributed by atoms with E-state index >= 15 is 0 Å². The van der Waals surface area contributed by atoms with Gasteiger partial charge in [-0.25, -0.2) is 0 Å². The molecule has 0 spiro atoms. The zero-order chi connectivity index (χ0) is 17.0. The number of carbonyl (C=O) groups excluding carboxylic acids is 1. The number of ether oxygens (including phenoxy) is 1. The molecule has 0 bridgehead atoms. The number of nitrogens with zero attached hydrogens (tertiary/aromatic N) is 2. The molecule has 2 N–H and O–H groups in total. The smallest absolute Gasteiger partial charge is 0.230 e. The van der Waals surface area contributed by atoms with Gasteiger partial charge in [0.05, 0.1) is 5.41 Å². The predicted octanol–water partition coefficient (Wildman–Crippen LogP) is 2.71. The van der Waals surface area contributed by atoms with Crippen LogP contribution in [0.25, 0.3) is 0 Å². The minimum Gasteiger partial charge on any atom is -0.381 e. The van der Waals surface area contributed by atoms with Crippen LogP contribution in [-0.2, 0) is 9.53 Å². The molecule has 2 saturated heterocycles. The standard InChI is InChI=1S/C19H29N3O2.2ClH/c1-21(16-5-3-2-4-6-16)17-7-11-22(12-8-17)18(23)19(15-20)9-13-24-14-10-19;;/h2-6,17H,7-15,20H2,1H3;2*1H. The van der Waals surface area contributed by atoms with E-state index in [0.717, 1.165) is 38.8 Å². The SMILES string of the molecule is CN(c1ccccc1)C1CCN(C(=O)C2(CN)CCOCC2)CC1.Cl.Cl. The average Bonchev–Trinajstić information content (AvgIpc) is 2.68. The average molecular weight is 404 g/mol. The van der Waals surface area contributed by atoms with Crippen LogP contribution in [0.3, 0.4) is 0 Å². The molecule has 0 unspecified atom stereocenters. The van der Waals surface area contributed by atoms with Crippen molar-refractivity contribution in [3.05, 3.63) is 30.3 Å². The first-order chi connectivity index (χ1) is 11.7. The molecule has 1 amide bonds.